The van der Waals surface area contributed by atoms with Crippen molar-refractivity contribution in [1.82, 2.24) is 5.32 Å². The smallest absolute Gasteiger partial charge is 0.264 e. The Morgan fingerprint density at radius 2 is 1.74 bits per heavy atom. The third-order valence-electron chi connectivity index (χ3n) is 5.42. The molecule has 0 heterocycles. The molecule has 7 heteroatoms. The molecule has 0 fully saturated rings. The number of amides is 1. The number of aryl methyl sites for hydroxylation is 1. The van der Waals surface area contributed by atoms with Crippen LogP contribution < -0.4 is 9.62 Å². The lowest BCUT2D eigenvalue weighted by atomic mass is 9.88. The van der Waals surface area contributed by atoms with Gasteiger partial charge in [0.05, 0.1) is 16.6 Å². The average Bonchev–Trinajstić information content (AvgIpc) is 2.78. The molecule has 3 aromatic carbocycles. The van der Waals surface area contributed by atoms with E-state index in [1.54, 1.807) is 36.4 Å². The van der Waals surface area contributed by atoms with Crippen LogP contribution in [0.25, 0.3) is 0 Å². The first-order valence-electron chi connectivity index (χ1n) is 10.2. The van der Waals surface area contributed by atoms with Gasteiger partial charge in [-0.15, -0.1) is 0 Å². The van der Waals surface area contributed by atoms with Crippen LogP contribution in [0.15, 0.2) is 88.2 Å². The molecule has 0 aliphatic heterocycles. The molecule has 5 nitrogen and oxygen atoms in total. The minimum Gasteiger partial charge on any atom is -0.348 e. The molecule has 0 saturated heterocycles. The van der Waals surface area contributed by atoms with Crippen LogP contribution in [0.4, 0.5) is 5.69 Å². The highest BCUT2D eigenvalue weighted by atomic mass is 79.9. The van der Waals surface area contributed by atoms with Crippen molar-refractivity contribution in [1.29, 1.82) is 0 Å². The van der Waals surface area contributed by atoms with Crippen molar-refractivity contribution in [2.75, 3.05) is 10.8 Å². The quantitative estimate of drug-likeness (QED) is 0.528. The summed E-state index contributed by atoms with van der Waals surface area (Å²) >= 11 is 3.40. The van der Waals surface area contributed by atoms with E-state index in [0.717, 1.165) is 33.6 Å². The molecule has 1 aliphatic carbocycles. The van der Waals surface area contributed by atoms with E-state index in [1.807, 2.05) is 24.3 Å². The maximum atomic E-state index is 13.4. The molecule has 4 rings (SSSR count). The van der Waals surface area contributed by atoms with E-state index < -0.39 is 10.0 Å². The fraction of sp³-hybridized carbons (Fsp3) is 0.208. The molecule has 0 spiro atoms. The van der Waals surface area contributed by atoms with Crippen molar-refractivity contribution < 1.29 is 13.2 Å². The Bertz CT molecular complexity index is 1180. The fourth-order valence-electron chi connectivity index (χ4n) is 3.94. The van der Waals surface area contributed by atoms with Crippen LogP contribution in [0.5, 0.6) is 0 Å². The summed E-state index contributed by atoms with van der Waals surface area (Å²) in [6.07, 6.45) is 2.82. The zero-order valence-electron chi connectivity index (χ0n) is 16.9. The molecule has 3 aromatic rings. The van der Waals surface area contributed by atoms with Crippen molar-refractivity contribution in [2.24, 2.45) is 0 Å². The van der Waals surface area contributed by atoms with E-state index in [9.17, 15) is 13.2 Å². The van der Waals surface area contributed by atoms with Crippen molar-refractivity contribution in [3.63, 3.8) is 0 Å². The number of carbonyl (C=O) groups excluding carboxylic acids is 1. The van der Waals surface area contributed by atoms with Crippen molar-refractivity contribution >= 4 is 37.5 Å². The Balaban J connectivity index is 1.62. The predicted octanol–water partition coefficient (Wildman–Crippen LogP) is 4.84. The first-order chi connectivity index (χ1) is 14.9. The Labute approximate surface area is 191 Å². The number of carbonyl (C=O) groups is 1. The van der Waals surface area contributed by atoms with Gasteiger partial charge in [-0.25, -0.2) is 8.42 Å². The molecule has 0 bridgehead atoms. The summed E-state index contributed by atoms with van der Waals surface area (Å²) in [6, 6.07) is 23.1. The zero-order chi connectivity index (χ0) is 21.8. The van der Waals surface area contributed by atoms with Crippen molar-refractivity contribution in [3.8, 4) is 0 Å². The molecule has 1 N–H and O–H groups in total. The summed E-state index contributed by atoms with van der Waals surface area (Å²) < 4.78 is 28.7. The molecular weight excluding hydrogens is 476 g/mol. The molecule has 1 atom stereocenters. The highest BCUT2D eigenvalue weighted by Gasteiger charge is 2.29. The van der Waals surface area contributed by atoms with Gasteiger partial charge in [-0.3, -0.25) is 9.10 Å². The predicted molar refractivity (Wildman–Crippen MR) is 125 cm³/mol. The van der Waals surface area contributed by atoms with Crippen LogP contribution in [0.3, 0.4) is 0 Å². The van der Waals surface area contributed by atoms with E-state index in [2.05, 4.69) is 27.3 Å². The third-order valence-corrected chi connectivity index (χ3v) is 7.70. The summed E-state index contributed by atoms with van der Waals surface area (Å²) in [5.41, 5.74) is 2.78. The normalized spacial score (nSPS) is 15.7. The van der Waals surface area contributed by atoms with Gasteiger partial charge in [0.15, 0.2) is 0 Å². The highest BCUT2D eigenvalue weighted by molar-refractivity contribution is 9.10. The number of halogens is 1. The topological polar surface area (TPSA) is 66.5 Å². The Morgan fingerprint density at radius 1 is 1.00 bits per heavy atom. The van der Waals surface area contributed by atoms with Gasteiger partial charge < -0.3 is 5.32 Å². The minimum absolute atomic E-state index is 0.110. The second-order valence-electron chi connectivity index (χ2n) is 7.52. The second-order valence-corrected chi connectivity index (χ2v) is 10.3. The van der Waals surface area contributed by atoms with E-state index in [1.165, 1.54) is 17.7 Å². The molecule has 0 saturated carbocycles. The Kier molecular flexibility index (Phi) is 6.43. The number of nitrogens with zero attached hydrogens (tertiary/aromatic N) is 1. The molecule has 0 radical (unpaired) electrons. The maximum Gasteiger partial charge on any atom is 0.264 e. The summed E-state index contributed by atoms with van der Waals surface area (Å²) in [6.45, 7) is -0.299. The molecule has 160 valence electrons. The monoisotopic (exact) mass is 498 g/mol. The number of nitrogens with one attached hydrogen (secondary N) is 1. The third kappa shape index (κ3) is 4.83. The van der Waals surface area contributed by atoms with Crippen LogP contribution in [-0.2, 0) is 21.2 Å². The lowest BCUT2D eigenvalue weighted by Gasteiger charge is -2.28. The van der Waals surface area contributed by atoms with Gasteiger partial charge in [0.2, 0.25) is 5.91 Å². The summed E-state index contributed by atoms with van der Waals surface area (Å²) in [4.78, 5) is 13.2. The molecule has 0 aromatic heterocycles. The van der Waals surface area contributed by atoms with Gasteiger partial charge >= 0.3 is 0 Å². The Morgan fingerprint density at radius 3 is 2.52 bits per heavy atom. The van der Waals surface area contributed by atoms with Gasteiger partial charge in [0, 0.05) is 4.47 Å². The number of hydrogen-bond acceptors (Lipinski definition) is 3. The van der Waals surface area contributed by atoms with Crippen molar-refractivity contribution in [3.05, 3.63) is 94.5 Å². The van der Waals surface area contributed by atoms with Gasteiger partial charge in [-0.2, -0.15) is 0 Å². The SMILES string of the molecule is O=C(CN(c1cccc(Br)c1)S(=O)(=O)c1ccccc1)N[C@H]1CCCc2ccccc21. The lowest BCUT2D eigenvalue weighted by molar-refractivity contribution is -0.120. The van der Waals surface area contributed by atoms with Gasteiger partial charge in [-0.1, -0.05) is 64.5 Å². The number of benzene rings is 3. The standard InChI is InChI=1S/C24H23BrN2O3S/c25-19-10-7-11-20(16-19)27(31(29,30)21-12-2-1-3-13-21)17-24(28)26-23-15-6-9-18-8-4-5-14-22(18)23/h1-5,7-8,10-14,16,23H,6,9,15,17H2,(H,26,28)/t23-/m0/s1. The number of sulfonamides is 1. The minimum atomic E-state index is -3.92. The summed E-state index contributed by atoms with van der Waals surface area (Å²) in [5.74, 6) is -0.332. The first kappa shape index (κ1) is 21.6. The molecule has 1 aliphatic rings. The molecule has 0 unspecified atom stereocenters. The average molecular weight is 499 g/mol. The highest BCUT2D eigenvalue weighted by Crippen LogP contribution is 2.30. The number of rotatable bonds is 6. The van der Waals surface area contributed by atoms with Crippen LogP contribution in [-0.4, -0.2) is 20.9 Å². The summed E-state index contributed by atoms with van der Waals surface area (Å²) in [5, 5.41) is 3.06. The van der Waals surface area contributed by atoms with Crippen LogP contribution in [0.1, 0.15) is 30.0 Å². The van der Waals surface area contributed by atoms with E-state index in [4.69, 9.17) is 0 Å². The maximum absolute atomic E-state index is 13.4. The van der Waals surface area contributed by atoms with Crippen LogP contribution >= 0.6 is 15.9 Å². The zero-order valence-corrected chi connectivity index (χ0v) is 19.3. The summed E-state index contributed by atoms with van der Waals surface area (Å²) in [7, 11) is -3.92. The van der Waals surface area contributed by atoms with E-state index >= 15 is 0 Å². The number of fused-ring (bicyclic) bond motifs is 1. The van der Waals surface area contributed by atoms with E-state index in [-0.39, 0.29) is 23.4 Å². The van der Waals surface area contributed by atoms with Crippen LogP contribution in [0.2, 0.25) is 0 Å². The number of anilines is 1. The molecular formula is C24H23BrN2O3S. The first-order valence-corrected chi connectivity index (χ1v) is 12.4. The largest absolute Gasteiger partial charge is 0.348 e. The van der Waals surface area contributed by atoms with Gasteiger partial charge in [-0.05, 0) is 60.7 Å². The second kappa shape index (κ2) is 9.24. The molecule has 31 heavy (non-hydrogen) atoms. The van der Waals surface area contributed by atoms with Crippen molar-refractivity contribution in [2.45, 2.75) is 30.2 Å². The fourth-order valence-corrected chi connectivity index (χ4v) is 5.76. The lowest BCUT2D eigenvalue weighted by Crippen LogP contribution is -2.42. The molecule has 1 amide bonds. The van der Waals surface area contributed by atoms with Gasteiger partial charge in [0.25, 0.3) is 10.0 Å². The van der Waals surface area contributed by atoms with E-state index in [0.29, 0.717) is 5.69 Å². The number of hydrogen-bond donors (Lipinski definition) is 1. The van der Waals surface area contributed by atoms with Gasteiger partial charge in [0.1, 0.15) is 6.54 Å². The Hall–Kier alpha value is -2.64. The van der Waals surface area contributed by atoms with Crippen LogP contribution in [0, 0.1) is 0 Å².